The highest BCUT2D eigenvalue weighted by Crippen LogP contribution is 2.44. The number of aromatic nitrogens is 2. The van der Waals surface area contributed by atoms with Crippen molar-refractivity contribution >= 4 is 32.6 Å². The van der Waals surface area contributed by atoms with Crippen LogP contribution in [0.25, 0.3) is 111 Å². The molecule has 2 aromatic heterocycles. The third-order valence-electron chi connectivity index (χ3n) is 11.3. The average molecular weight is 753 g/mol. The first kappa shape index (κ1) is 34.4. The summed E-state index contributed by atoms with van der Waals surface area (Å²) < 4.78 is 6.53. The van der Waals surface area contributed by atoms with Crippen LogP contribution in [0.5, 0.6) is 0 Å². The molecule has 3 heteroatoms. The van der Waals surface area contributed by atoms with Gasteiger partial charge in [-0.15, -0.1) is 0 Å². The third-order valence-corrected chi connectivity index (χ3v) is 11.3. The van der Waals surface area contributed by atoms with Crippen molar-refractivity contribution in [3.63, 3.8) is 0 Å². The molecule has 0 aliphatic carbocycles. The molecule has 0 radical (unpaired) electrons. The number of oxazole rings is 1. The Balaban J connectivity index is 1.02. The summed E-state index contributed by atoms with van der Waals surface area (Å²) in [4.78, 5) is 10.1. The summed E-state index contributed by atoms with van der Waals surface area (Å²) in [7, 11) is 0. The van der Waals surface area contributed by atoms with Crippen LogP contribution in [0.3, 0.4) is 0 Å². The molecule has 3 nitrogen and oxygen atoms in total. The van der Waals surface area contributed by atoms with E-state index in [1.54, 1.807) is 0 Å². The van der Waals surface area contributed by atoms with Crippen LogP contribution in [-0.4, -0.2) is 9.97 Å². The maximum atomic E-state index is 6.53. The Hall–Kier alpha value is -7.88. The summed E-state index contributed by atoms with van der Waals surface area (Å²) in [6, 6.07) is 77.1. The van der Waals surface area contributed by atoms with E-state index < -0.39 is 0 Å². The van der Waals surface area contributed by atoms with Crippen molar-refractivity contribution in [2.24, 2.45) is 0 Å². The van der Waals surface area contributed by atoms with Gasteiger partial charge in [-0.25, -0.2) is 9.97 Å². The van der Waals surface area contributed by atoms with Crippen LogP contribution >= 0.6 is 0 Å². The van der Waals surface area contributed by atoms with Gasteiger partial charge in [-0.1, -0.05) is 188 Å². The molecule has 0 fully saturated rings. The fourth-order valence-electron chi connectivity index (χ4n) is 8.42. The molecule has 276 valence electrons. The zero-order valence-electron chi connectivity index (χ0n) is 32.1. The van der Waals surface area contributed by atoms with Gasteiger partial charge in [-0.3, -0.25) is 0 Å². The molecule has 0 saturated carbocycles. The van der Waals surface area contributed by atoms with Gasteiger partial charge in [0.15, 0.2) is 5.58 Å². The predicted molar refractivity (Wildman–Crippen MR) is 245 cm³/mol. The second-order valence-corrected chi connectivity index (χ2v) is 14.9. The van der Waals surface area contributed by atoms with E-state index in [1.165, 1.54) is 21.9 Å². The predicted octanol–water partition coefficient (Wildman–Crippen LogP) is 15.2. The van der Waals surface area contributed by atoms with E-state index in [0.717, 1.165) is 83.3 Å². The van der Waals surface area contributed by atoms with Crippen LogP contribution in [0.2, 0.25) is 0 Å². The Morgan fingerprint density at radius 3 is 1.54 bits per heavy atom. The minimum Gasteiger partial charge on any atom is -0.436 e. The first-order valence-corrected chi connectivity index (χ1v) is 20.0. The van der Waals surface area contributed by atoms with Crippen molar-refractivity contribution in [1.82, 2.24) is 9.97 Å². The first-order valence-electron chi connectivity index (χ1n) is 20.0. The maximum Gasteiger partial charge on any atom is 0.227 e. The first-order chi connectivity index (χ1) is 29.2. The molecule has 59 heavy (non-hydrogen) atoms. The van der Waals surface area contributed by atoms with Crippen LogP contribution in [0, 0.1) is 0 Å². The lowest BCUT2D eigenvalue weighted by molar-refractivity contribution is 0.621. The molecule has 0 saturated heterocycles. The zero-order valence-corrected chi connectivity index (χ0v) is 32.1. The van der Waals surface area contributed by atoms with E-state index in [0.29, 0.717) is 5.89 Å². The summed E-state index contributed by atoms with van der Waals surface area (Å²) in [5.41, 5.74) is 15.9. The van der Waals surface area contributed by atoms with Gasteiger partial charge in [-0.2, -0.15) is 0 Å². The van der Waals surface area contributed by atoms with Crippen molar-refractivity contribution < 1.29 is 4.42 Å². The molecule has 0 spiro atoms. The standard InChI is InChI=1S/C56H36N2O/c1-4-14-37(15-5-1)43-31-33-51-54(36-43)59-56(58-51)50-25-13-22-47-48(50)23-12-24-49(47)55-45-21-11-10-16-39(45)30-32-46(55)40-28-26-38(27-29-40)44-34-52(41-17-6-2-7-18-41)57-53(35-44)42-19-8-3-9-20-42/h1-36H. The molecule has 0 bridgehead atoms. The van der Waals surface area contributed by atoms with Gasteiger partial charge >= 0.3 is 0 Å². The molecule has 0 amide bonds. The summed E-state index contributed by atoms with van der Waals surface area (Å²) in [5, 5.41) is 4.64. The number of rotatable bonds is 7. The molecule has 9 aromatic carbocycles. The molecule has 0 aliphatic rings. The molecule has 2 heterocycles. The van der Waals surface area contributed by atoms with Gasteiger partial charge in [0.2, 0.25) is 5.89 Å². The van der Waals surface area contributed by atoms with Crippen molar-refractivity contribution in [3.05, 3.63) is 218 Å². The van der Waals surface area contributed by atoms with Gasteiger partial charge in [-0.05, 0) is 96.4 Å². The monoisotopic (exact) mass is 752 g/mol. The SMILES string of the molecule is c1ccc(-c2ccc3nc(-c4cccc5c(-c6c(-c7ccc(-c8cc(-c9ccccc9)nc(-c9ccccc9)c8)cc7)ccc7ccccc67)cccc45)oc3c2)cc1. The van der Waals surface area contributed by atoms with Crippen molar-refractivity contribution in [2.75, 3.05) is 0 Å². The number of nitrogens with zero attached hydrogens (tertiary/aromatic N) is 2. The van der Waals surface area contributed by atoms with E-state index in [2.05, 4.69) is 194 Å². The van der Waals surface area contributed by atoms with Crippen molar-refractivity contribution in [3.8, 4) is 78.5 Å². The quantitative estimate of drug-likeness (QED) is 0.163. The Morgan fingerprint density at radius 2 is 0.847 bits per heavy atom. The zero-order chi connectivity index (χ0) is 39.1. The minimum absolute atomic E-state index is 0.614. The lowest BCUT2D eigenvalue weighted by atomic mass is 9.86. The summed E-state index contributed by atoms with van der Waals surface area (Å²) in [6.45, 7) is 0. The molecule has 0 unspecified atom stereocenters. The molecule has 0 aliphatic heterocycles. The average Bonchev–Trinajstić information content (AvgIpc) is 3.75. The van der Waals surface area contributed by atoms with Crippen LogP contribution < -0.4 is 0 Å². The Morgan fingerprint density at radius 1 is 0.305 bits per heavy atom. The summed E-state index contributed by atoms with van der Waals surface area (Å²) in [6.07, 6.45) is 0. The van der Waals surface area contributed by atoms with E-state index in [4.69, 9.17) is 14.4 Å². The van der Waals surface area contributed by atoms with Crippen LogP contribution in [-0.2, 0) is 0 Å². The normalized spacial score (nSPS) is 11.4. The summed E-state index contributed by atoms with van der Waals surface area (Å²) in [5.74, 6) is 0.614. The van der Waals surface area contributed by atoms with Gasteiger partial charge in [0, 0.05) is 16.7 Å². The van der Waals surface area contributed by atoms with Crippen molar-refractivity contribution in [2.45, 2.75) is 0 Å². The van der Waals surface area contributed by atoms with E-state index in [9.17, 15) is 0 Å². The Kier molecular flexibility index (Phi) is 8.49. The van der Waals surface area contributed by atoms with Gasteiger partial charge in [0.05, 0.1) is 11.4 Å². The number of hydrogen-bond acceptors (Lipinski definition) is 3. The smallest absolute Gasteiger partial charge is 0.227 e. The second-order valence-electron chi connectivity index (χ2n) is 14.9. The number of benzene rings is 9. The van der Waals surface area contributed by atoms with Gasteiger partial charge in [0.25, 0.3) is 0 Å². The highest BCUT2D eigenvalue weighted by molar-refractivity contribution is 6.12. The lowest BCUT2D eigenvalue weighted by Crippen LogP contribution is -1.92. The van der Waals surface area contributed by atoms with Crippen LogP contribution in [0.4, 0.5) is 0 Å². The molecule has 11 aromatic rings. The fourth-order valence-corrected chi connectivity index (χ4v) is 8.42. The number of hydrogen-bond donors (Lipinski definition) is 0. The lowest BCUT2D eigenvalue weighted by Gasteiger charge is -2.17. The van der Waals surface area contributed by atoms with Crippen LogP contribution in [0.15, 0.2) is 223 Å². The largest absolute Gasteiger partial charge is 0.436 e. The van der Waals surface area contributed by atoms with E-state index in [1.807, 2.05) is 24.3 Å². The summed E-state index contributed by atoms with van der Waals surface area (Å²) >= 11 is 0. The second kappa shape index (κ2) is 14.6. The van der Waals surface area contributed by atoms with Gasteiger partial charge < -0.3 is 4.42 Å². The van der Waals surface area contributed by atoms with E-state index in [-0.39, 0.29) is 0 Å². The molecular weight excluding hydrogens is 717 g/mol. The molecular formula is C56H36N2O. The Bertz CT molecular complexity index is 3240. The number of fused-ring (bicyclic) bond motifs is 3. The van der Waals surface area contributed by atoms with E-state index >= 15 is 0 Å². The molecule has 0 N–H and O–H groups in total. The maximum absolute atomic E-state index is 6.53. The fraction of sp³-hybridized carbons (Fsp3) is 0. The topological polar surface area (TPSA) is 38.9 Å². The van der Waals surface area contributed by atoms with Crippen molar-refractivity contribution in [1.29, 1.82) is 0 Å². The molecule has 11 rings (SSSR count). The van der Waals surface area contributed by atoms with Gasteiger partial charge in [0.1, 0.15) is 5.52 Å². The third kappa shape index (κ3) is 6.36. The molecule has 0 atom stereocenters. The highest BCUT2D eigenvalue weighted by Gasteiger charge is 2.18. The highest BCUT2D eigenvalue weighted by atomic mass is 16.3. The number of pyridine rings is 1. The minimum atomic E-state index is 0.614. The van der Waals surface area contributed by atoms with Crippen LogP contribution in [0.1, 0.15) is 0 Å². The Labute approximate surface area is 342 Å².